The Hall–Kier alpha value is -2.09. The maximum Gasteiger partial charge on any atom is 0.396 e. The van der Waals surface area contributed by atoms with Gasteiger partial charge in [0.1, 0.15) is 0 Å². The molecule has 1 fully saturated rings. The fourth-order valence-corrected chi connectivity index (χ4v) is 4.27. The number of benzene rings is 1. The van der Waals surface area contributed by atoms with E-state index in [1.807, 2.05) is 12.3 Å². The average Bonchev–Trinajstić information content (AvgIpc) is 3.14. The summed E-state index contributed by atoms with van der Waals surface area (Å²) in [5.41, 5.74) is 1.18. The van der Waals surface area contributed by atoms with Crippen LogP contribution < -0.4 is 5.32 Å². The van der Waals surface area contributed by atoms with Crippen LogP contribution in [0.15, 0.2) is 35.7 Å². The molecule has 1 saturated heterocycles. The molecule has 1 atom stereocenters. The molecule has 1 aliphatic rings. The van der Waals surface area contributed by atoms with Gasteiger partial charge >= 0.3 is 6.18 Å². The molecule has 0 saturated carbocycles. The Labute approximate surface area is 166 Å². The van der Waals surface area contributed by atoms with Crippen molar-refractivity contribution in [2.45, 2.75) is 50.7 Å². The van der Waals surface area contributed by atoms with Gasteiger partial charge in [-0.05, 0) is 24.8 Å². The molecule has 4 nitrogen and oxygen atoms in total. The third kappa shape index (κ3) is 5.25. The molecular formula is C20H24F3N3OS. The summed E-state index contributed by atoms with van der Waals surface area (Å²) in [6.07, 6.45) is -2.70. The van der Waals surface area contributed by atoms with Gasteiger partial charge in [-0.25, -0.2) is 4.98 Å². The van der Waals surface area contributed by atoms with E-state index < -0.39 is 24.4 Å². The summed E-state index contributed by atoms with van der Waals surface area (Å²) < 4.78 is 40.4. The van der Waals surface area contributed by atoms with Crippen LogP contribution in [0.4, 0.5) is 18.3 Å². The van der Waals surface area contributed by atoms with Crippen molar-refractivity contribution in [1.29, 1.82) is 0 Å². The van der Waals surface area contributed by atoms with Gasteiger partial charge in [-0.3, -0.25) is 4.79 Å². The molecule has 1 N–H and O–H groups in total. The van der Waals surface area contributed by atoms with Crippen molar-refractivity contribution in [3.63, 3.8) is 0 Å². The molecule has 1 aromatic carbocycles. The Morgan fingerprint density at radius 3 is 2.54 bits per heavy atom. The Morgan fingerprint density at radius 1 is 1.29 bits per heavy atom. The van der Waals surface area contributed by atoms with Gasteiger partial charge in [-0.15, -0.1) is 11.3 Å². The number of likely N-dealkylation sites (tertiary alicyclic amines) is 1. The lowest BCUT2D eigenvalue weighted by Gasteiger charge is -2.33. The van der Waals surface area contributed by atoms with E-state index in [0.717, 1.165) is 17.2 Å². The van der Waals surface area contributed by atoms with Crippen LogP contribution in [0.2, 0.25) is 0 Å². The van der Waals surface area contributed by atoms with Gasteiger partial charge in [0, 0.05) is 30.9 Å². The molecular weight excluding hydrogens is 387 g/mol. The number of piperidine rings is 1. The summed E-state index contributed by atoms with van der Waals surface area (Å²) in [7, 11) is 0. The van der Waals surface area contributed by atoms with E-state index >= 15 is 0 Å². The summed E-state index contributed by atoms with van der Waals surface area (Å²) in [4.78, 5) is 18.6. The number of nitrogens with one attached hydrogen (secondary N) is 1. The number of nitrogens with zero attached hydrogens (tertiary/aromatic N) is 2. The normalized spacial score (nSPS) is 16.8. The quantitative estimate of drug-likeness (QED) is 0.740. The minimum absolute atomic E-state index is 0.135. The molecule has 0 aliphatic carbocycles. The molecule has 0 unspecified atom stereocenters. The van der Waals surface area contributed by atoms with Crippen molar-refractivity contribution in [1.82, 2.24) is 9.88 Å². The molecule has 0 spiro atoms. The average molecular weight is 411 g/mol. The maximum atomic E-state index is 13.5. The van der Waals surface area contributed by atoms with Crippen molar-refractivity contribution in [3.05, 3.63) is 47.0 Å². The number of hydrogen-bond acceptors (Lipinski definition) is 4. The van der Waals surface area contributed by atoms with E-state index in [4.69, 9.17) is 0 Å². The lowest BCUT2D eigenvalue weighted by molar-refractivity contribution is -0.161. The minimum Gasteiger partial charge on any atom is -0.359 e. The highest BCUT2D eigenvalue weighted by atomic mass is 32.1. The highest BCUT2D eigenvalue weighted by molar-refractivity contribution is 7.13. The number of carbonyl (C=O) groups excluding carboxylic acids is 1. The van der Waals surface area contributed by atoms with E-state index in [1.54, 1.807) is 34.4 Å². The summed E-state index contributed by atoms with van der Waals surface area (Å²) >= 11 is 1.56. The highest BCUT2D eigenvalue weighted by Gasteiger charge is 2.42. The van der Waals surface area contributed by atoms with Crippen LogP contribution in [0, 0.1) is 0 Å². The first-order chi connectivity index (χ1) is 13.4. The van der Waals surface area contributed by atoms with E-state index in [-0.39, 0.29) is 11.6 Å². The smallest absolute Gasteiger partial charge is 0.359 e. The first kappa shape index (κ1) is 20.6. The van der Waals surface area contributed by atoms with Crippen LogP contribution in [0.1, 0.15) is 43.4 Å². The summed E-state index contributed by atoms with van der Waals surface area (Å²) in [6.45, 7) is 2.97. The number of halogens is 3. The van der Waals surface area contributed by atoms with E-state index in [9.17, 15) is 18.0 Å². The Kier molecular flexibility index (Phi) is 6.59. The lowest BCUT2D eigenvalue weighted by atomic mass is 9.94. The monoisotopic (exact) mass is 411 g/mol. The Balaban J connectivity index is 1.55. The topological polar surface area (TPSA) is 45.2 Å². The predicted octanol–water partition coefficient (Wildman–Crippen LogP) is 4.84. The van der Waals surface area contributed by atoms with Gasteiger partial charge in [0.15, 0.2) is 5.13 Å². The molecule has 1 aromatic heterocycles. The van der Waals surface area contributed by atoms with Gasteiger partial charge in [-0.1, -0.05) is 37.3 Å². The number of amides is 1. The number of alkyl halides is 3. The van der Waals surface area contributed by atoms with Gasteiger partial charge in [0.05, 0.1) is 11.6 Å². The van der Waals surface area contributed by atoms with Crippen LogP contribution in [-0.2, 0) is 11.2 Å². The van der Waals surface area contributed by atoms with Crippen molar-refractivity contribution in [2.75, 3.05) is 18.4 Å². The van der Waals surface area contributed by atoms with Gasteiger partial charge in [0.2, 0.25) is 5.91 Å². The van der Waals surface area contributed by atoms with Crippen molar-refractivity contribution < 1.29 is 18.0 Å². The first-order valence-corrected chi connectivity index (χ1v) is 10.3. The molecule has 8 heteroatoms. The standard InChI is InChI=1S/C20H24F3N3OS/c1-2-15-13-28-19(24-15)25-16-8-10-26(11-9-16)18(27)12-17(20(21,22)23)14-6-4-3-5-7-14/h3-7,13,16-17H,2,8-12H2,1H3,(H,24,25)/t17-/m1/s1. The number of rotatable bonds is 6. The fourth-order valence-electron chi connectivity index (χ4n) is 3.40. The number of thiazole rings is 1. The molecule has 1 amide bonds. The zero-order valence-corrected chi connectivity index (χ0v) is 16.5. The summed E-state index contributed by atoms with van der Waals surface area (Å²) in [6, 6.07) is 7.85. The second kappa shape index (κ2) is 8.94. The number of aromatic nitrogens is 1. The van der Waals surface area contributed by atoms with Crippen LogP contribution in [0.3, 0.4) is 0 Å². The molecule has 28 heavy (non-hydrogen) atoms. The van der Waals surface area contributed by atoms with Crippen molar-refractivity contribution >= 4 is 22.4 Å². The van der Waals surface area contributed by atoms with Crippen LogP contribution in [-0.4, -0.2) is 41.1 Å². The molecule has 3 rings (SSSR count). The number of aryl methyl sites for hydroxylation is 1. The number of anilines is 1. The largest absolute Gasteiger partial charge is 0.396 e. The van der Waals surface area contributed by atoms with Crippen molar-refractivity contribution in [3.8, 4) is 0 Å². The minimum atomic E-state index is -4.45. The molecule has 2 aromatic rings. The van der Waals surface area contributed by atoms with Crippen molar-refractivity contribution in [2.24, 2.45) is 0 Å². The van der Waals surface area contributed by atoms with Crippen LogP contribution in [0.5, 0.6) is 0 Å². The Morgan fingerprint density at radius 2 is 1.96 bits per heavy atom. The molecule has 0 radical (unpaired) electrons. The lowest BCUT2D eigenvalue weighted by Crippen LogP contribution is -2.43. The molecule has 2 heterocycles. The maximum absolute atomic E-state index is 13.5. The molecule has 0 bridgehead atoms. The zero-order valence-electron chi connectivity index (χ0n) is 15.7. The van der Waals surface area contributed by atoms with Gasteiger partial charge in [0.25, 0.3) is 0 Å². The first-order valence-electron chi connectivity index (χ1n) is 9.47. The third-order valence-corrected chi connectivity index (χ3v) is 5.89. The van der Waals surface area contributed by atoms with Crippen LogP contribution >= 0.6 is 11.3 Å². The molecule has 1 aliphatic heterocycles. The highest BCUT2D eigenvalue weighted by Crippen LogP contribution is 2.38. The van der Waals surface area contributed by atoms with Crippen LogP contribution in [0.25, 0.3) is 0 Å². The SMILES string of the molecule is CCc1csc(NC2CCN(C(=O)C[C@H](c3ccccc3)C(F)(F)F)CC2)n1. The number of carbonyl (C=O) groups is 1. The zero-order chi connectivity index (χ0) is 20.1. The fraction of sp³-hybridized carbons (Fsp3) is 0.500. The van der Waals surface area contributed by atoms with Gasteiger partial charge in [-0.2, -0.15) is 13.2 Å². The van der Waals surface area contributed by atoms with E-state index in [0.29, 0.717) is 25.9 Å². The Bertz CT molecular complexity index is 771. The second-order valence-corrected chi connectivity index (χ2v) is 7.86. The van der Waals surface area contributed by atoms with E-state index in [1.165, 1.54) is 12.1 Å². The molecule has 152 valence electrons. The number of hydrogen-bond donors (Lipinski definition) is 1. The predicted molar refractivity (Wildman–Crippen MR) is 105 cm³/mol. The summed E-state index contributed by atoms with van der Waals surface area (Å²) in [5.74, 6) is -2.20. The summed E-state index contributed by atoms with van der Waals surface area (Å²) in [5, 5.41) is 6.25. The van der Waals surface area contributed by atoms with Gasteiger partial charge < -0.3 is 10.2 Å². The third-order valence-electron chi connectivity index (χ3n) is 5.07. The second-order valence-electron chi connectivity index (χ2n) is 7.01. The van der Waals surface area contributed by atoms with E-state index in [2.05, 4.69) is 10.3 Å².